The topological polar surface area (TPSA) is 63.2 Å². The molecule has 0 aliphatic heterocycles. The van der Waals surface area contributed by atoms with Crippen molar-refractivity contribution in [3.8, 4) is 17.6 Å². The monoisotopic (exact) mass is 363 g/mol. The van der Waals surface area contributed by atoms with Crippen LogP contribution in [0.1, 0.15) is 11.3 Å². The van der Waals surface area contributed by atoms with Crippen LogP contribution in [0.5, 0.6) is 5.75 Å². The van der Waals surface area contributed by atoms with Gasteiger partial charge in [-0.2, -0.15) is 13.2 Å². The lowest BCUT2D eigenvalue weighted by Gasteiger charge is -2.08. The second-order valence-electron chi connectivity index (χ2n) is 5.16. The Morgan fingerprint density at radius 2 is 1.88 bits per heavy atom. The normalized spacial score (nSPS) is 10.5. The Hall–Kier alpha value is -3.21. The number of nitrogens with one attached hydrogen (secondary N) is 2. The summed E-state index contributed by atoms with van der Waals surface area (Å²) in [5.74, 6) is 6.02. The Kier molecular flexibility index (Phi) is 6.44. The number of aryl methyl sites for hydroxylation is 1. The lowest BCUT2D eigenvalue weighted by atomic mass is 10.2. The van der Waals surface area contributed by atoms with Crippen molar-refractivity contribution in [3.63, 3.8) is 0 Å². The zero-order valence-electron chi connectivity index (χ0n) is 13.9. The number of halogens is 3. The summed E-state index contributed by atoms with van der Waals surface area (Å²) in [7, 11) is 0. The van der Waals surface area contributed by atoms with E-state index in [1.807, 2.05) is 13.0 Å². The Balaban J connectivity index is 1.70. The van der Waals surface area contributed by atoms with Crippen LogP contribution in [-0.4, -0.2) is 24.2 Å². The number of carbonyl (C=O) groups excluding carboxylic acids is 1. The average molecular weight is 363 g/mol. The molecule has 8 heteroatoms. The van der Waals surface area contributed by atoms with Gasteiger partial charge in [0.1, 0.15) is 12.4 Å². The van der Waals surface area contributed by atoms with Crippen molar-refractivity contribution >= 4 is 11.7 Å². The minimum atomic E-state index is -4.41. The Bertz CT molecular complexity index is 792. The smallest absolute Gasteiger partial charge is 0.416 e. The van der Waals surface area contributed by atoms with Crippen molar-refractivity contribution in [1.29, 1.82) is 0 Å². The van der Waals surface area contributed by atoms with Crippen molar-refractivity contribution in [3.05, 3.63) is 53.9 Å². The molecule has 136 valence electrons. The van der Waals surface area contributed by atoms with Crippen molar-refractivity contribution in [2.45, 2.75) is 13.1 Å². The Morgan fingerprint density at radius 1 is 1.15 bits per heavy atom. The standard InChI is InChI=1S/C18H16F3N3O2/c1-13-4-9-16(12-23-13)26-11-3-2-10-22-17(25)24-15-7-5-14(6-8-15)18(19,20)21/h4-9,12H,10-11H2,1H3,(H2,22,24,25). The van der Waals surface area contributed by atoms with Gasteiger partial charge >= 0.3 is 12.2 Å². The largest absolute Gasteiger partial charge is 0.479 e. The number of hydrogen-bond acceptors (Lipinski definition) is 3. The SMILES string of the molecule is Cc1ccc(OCC#CCNC(=O)Nc2ccc(C(F)(F)F)cc2)cn1. The van der Waals surface area contributed by atoms with Crippen LogP contribution < -0.4 is 15.4 Å². The number of pyridine rings is 1. The molecule has 0 aliphatic carbocycles. The quantitative estimate of drug-likeness (QED) is 0.816. The molecular weight excluding hydrogens is 347 g/mol. The molecule has 2 amide bonds. The number of nitrogens with zero attached hydrogens (tertiary/aromatic N) is 1. The summed E-state index contributed by atoms with van der Waals surface area (Å²) in [6, 6.07) is 7.17. The first-order valence-electron chi connectivity index (χ1n) is 7.58. The molecule has 0 atom stereocenters. The highest BCUT2D eigenvalue weighted by atomic mass is 19.4. The van der Waals surface area contributed by atoms with Crippen LogP contribution in [-0.2, 0) is 6.18 Å². The Labute approximate surface area is 148 Å². The van der Waals surface area contributed by atoms with E-state index in [-0.39, 0.29) is 18.8 Å². The van der Waals surface area contributed by atoms with Crippen LogP contribution >= 0.6 is 0 Å². The molecule has 0 bridgehead atoms. The number of carbonyl (C=O) groups is 1. The molecule has 0 saturated carbocycles. The predicted molar refractivity (Wildman–Crippen MR) is 90.7 cm³/mol. The van der Waals surface area contributed by atoms with E-state index in [1.54, 1.807) is 12.3 Å². The summed E-state index contributed by atoms with van der Waals surface area (Å²) in [5, 5.41) is 4.89. The van der Waals surface area contributed by atoms with Gasteiger partial charge in [0.25, 0.3) is 0 Å². The van der Waals surface area contributed by atoms with Crippen molar-refractivity contribution in [1.82, 2.24) is 10.3 Å². The highest BCUT2D eigenvalue weighted by Gasteiger charge is 2.29. The van der Waals surface area contributed by atoms with Gasteiger partial charge in [0, 0.05) is 11.4 Å². The summed E-state index contributed by atoms with van der Waals surface area (Å²) in [5.41, 5.74) is 0.350. The zero-order valence-corrected chi connectivity index (χ0v) is 13.9. The van der Waals surface area contributed by atoms with Gasteiger partial charge in [-0.25, -0.2) is 4.79 Å². The number of amides is 2. The van der Waals surface area contributed by atoms with E-state index in [4.69, 9.17) is 4.74 Å². The van der Waals surface area contributed by atoms with E-state index in [1.165, 1.54) is 12.1 Å². The fourth-order valence-electron chi connectivity index (χ4n) is 1.81. The molecule has 26 heavy (non-hydrogen) atoms. The van der Waals surface area contributed by atoms with E-state index < -0.39 is 17.8 Å². The van der Waals surface area contributed by atoms with Gasteiger partial charge in [-0.3, -0.25) is 4.98 Å². The molecular formula is C18H16F3N3O2. The molecule has 2 rings (SSSR count). The molecule has 0 aliphatic rings. The maximum atomic E-state index is 12.4. The number of anilines is 1. The number of rotatable bonds is 4. The molecule has 0 spiro atoms. The second-order valence-corrected chi connectivity index (χ2v) is 5.16. The third-order valence-electron chi connectivity index (χ3n) is 3.13. The van der Waals surface area contributed by atoms with E-state index >= 15 is 0 Å². The highest BCUT2D eigenvalue weighted by molar-refractivity contribution is 5.89. The van der Waals surface area contributed by atoms with E-state index in [0.717, 1.165) is 17.8 Å². The molecule has 1 heterocycles. The predicted octanol–water partition coefficient (Wildman–Crippen LogP) is 3.61. The number of urea groups is 1. The lowest BCUT2D eigenvalue weighted by Crippen LogP contribution is -2.29. The Morgan fingerprint density at radius 3 is 2.50 bits per heavy atom. The minimum absolute atomic E-state index is 0.0714. The zero-order chi connectivity index (χ0) is 19.0. The first-order chi connectivity index (χ1) is 12.3. The first kappa shape index (κ1) is 19.1. The van der Waals surface area contributed by atoms with Crippen LogP contribution in [0, 0.1) is 18.8 Å². The third kappa shape index (κ3) is 6.36. The molecule has 1 aromatic carbocycles. The maximum absolute atomic E-state index is 12.4. The molecule has 0 radical (unpaired) electrons. The first-order valence-corrected chi connectivity index (χ1v) is 7.58. The molecule has 2 aromatic rings. The second kappa shape index (κ2) is 8.76. The molecule has 2 N–H and O–H groups in total. The fraction of sp³-hybridized carbons (Fsp3) is 0.222. The van der Waals surface area contributed by atoms with E-state index in [0.29, 0.717) is 5.75 Å². The summed E-state index contributed by atoms with van der Waals surface area (Å²) in [6.07, 6.45) is -2.82. The summed E-state index contributed by atoms with van der Waals surface area (Å²) in [6.45, 7) is 2.08. The fourth-order valence-corrected chi connectivity index (χ4v) is 1.81. The molecule has 0 unspecified atom stereocenters. The molecule has 1 aromatic heterocycles. The van der Waals surface area contributed by atoms with Crippen molar-refractivity contribution in [2.75, 3.05) is 18.5 Å². The van der Waals surface area contributed by atoms with Gasteiger partial charge < -0.3 is 15.4 Å². The van der Waals surface area contributed by atoms with E-state index in [9.17, 15) is 18.0 Å². The van der Waals surface area contributed by atoms with Gasteiger partial charge in [-0.05, 0) is 43.3 Å². The number of benzene rings is 1. The highest BCUT2D eigenvalue weighted by Crippen LogP contribution is 2.29. The van der Waals surface area contributed by atoms with Gasteiger partial charge in [-0.15, -0.1) is 0 Å². The summed E-state index contributed by atoms with van der Waals surface area (Å²) < 4.78 is 42.7. The van der Waals surface area contributed by atoms with Gasteiger partial charge in [0.05, 0.1) is 18.3 Å². The van der Waals surface area contributed by atoms with Gasteiger partial charge in [0.15, 0.2) is 0 Å². The number of alkyl halides is 3. The van der Waals surface area contributed by atoms with Crippen LogP contribution in [0.25, 0.3) is 0 Å². The van der Waals surface area contributed by atoms with Crippen LogP contribution in [0.15, 0.2) is 42.6 Å². The molecule has 0 fully saturated rings. The third-order valence-corrected chi connectivity index (χ3v) is 3.13. The summed E-state index contributed by atoms with van der Waals surface area (Å²) >= 11 is 0. The van der Waals surface area contributed by atoms with Crippen LogP contribution in [0.3, 0.4) is 0 Å². The van der Waals surface area contributed by atoms with Gasteiger partial charge in [-0.1, -0.05) is 11.8 Å². The van der Waals surface area contributed by atoms with Gasteiger partial charge in [0.2, 0.25) is 0 Å². The average Bonchev–Trinajstić information content (AvgIpc) is 2.59. The van der Waals surface area contributed by atoms with Crippen LogP contribution in [0.2, 0.25) is 0 Å². The van der Waals surface area contributed by atoms with Crippen molar-refractivity contribution < 1.29 is 22.7 Å². The van der Waals surface area contributed by atoms with Crippen LogP contribution in [0.4, 0.5) is 23.7 Å². The number of aromatic nitrogens is 1. The molecule has 5 nitrogen and oxygen atoms in total. The maximum Gasteiger partial charge on any atom is 0.416 e. The number of hydrogen-bond donors (Lipinski definition) is 2. The lowest BCUT2D eigenvalue weighted by molar-refractivity contribution is -0.137. The summed E-state index contributed by atoms with van der Waals surface area (Å²) in [4.78, 5) is 15.7. The van der Waals surface area contributed by atoms with E-state index in [2.05, 4.69) is 27.5 Å². The minimum Gasteiger partial charge on any atom is -0.479 e. The van der Waals surface area contributed by atoms with Crippen molar-refractivity contribution in [2.24, 2.45) is 0 Å². The number of ether oxygens (including phenoxy) is 1. The molecule has 0 saturated heterocycles.